The smallest absolute Gasteiger partial charge is 0.416 e. The quantitative estimate of drug-likeness (QED) is 0.665. The lowest BCUT2D eigenvalue weighted by molar-refractivity contribution is -0.138. The summed E-state index contributed by atoms with van der Waals surface area (Å²) in [7, 11) is 0. The lowest BCUT2D eigenvalue weighted by atomic mass is 9.97. The van der Waals surface area contributed by atoms with Crippen LogP contribution in [0, 0.1) is 6.92 Å². The molecule has 3 N–H and O–H groups in total. The van der Waals surface area contributed by atoms with E-state index in [9.17, 15) is 28.2 Å². The molecule has 0 heterocycles. The minimum Gasteiger partial charge on any atom is -0.445 e. The van der Waals surface area contributed by atoms with E-state index in [-0.39, 0.29) is 30.7 Å². The largest absolute Gasteiger partial charge is 0.445 e. The van der Waals surface area contributed by atoms with Gasteiger partial charge in [0.05, 0.1) is 11.7 Å². The van der Waals surface area contributed by atoms with Gasteiger partial charge in [-0.1, -0.05) is 42.5 Å². The number of rotatable bonds is 7. The number of hydrogen-bond donors (Lipinski definition) is 3. The van der Waals surface area contributed by atoms with Gasteiger partial charge in [0.15, 0.2) is 0 Å². The van der Waals surface area contributed by atoms with Crippen LogP contribution in [0.1, 0.15) is 34.8 Å². The molecule has 5 nitrogen and oxygen atoms in total. The Bertz CT molecular complexity index is 781. The molecule has 0 saturated carbocycles. The summed E-state index contributed by atoms with van der Waals surface area (Å²) in [5.74, 6) is 0. The predicted octanol–water partition coefficient (Wildman–Crippen LogP) is 3.72. The Morgan fingerprint density at radius 1 is 1.14 bits per heavy atom. The fourth-order valence-electron chi connectivity index (χ4n) is 2.61. The molecule has 2 unspecified atom stereocenters. The van der Waals surface area contributed by atoms with Crippen LogP contribution in [-0.2, 0) is 17.5 Å². The van der Waals surface area contributed by atoms with Gasteiger partial charge in [0.2, 0.25) is 0 Å². The third-order valence-corrected chi connectivity index (χ3v) is 4.20. The highest BCUT2D eigenvalue weighted by Crippen LogP contribution is 2.34. The van der Waals surface area contributed by atoms with Crippen molar-refractivity contribution in [3.8, 4) is 0 Å². The van der Waals surface area contributed by atoms with Crippen LogP contribution in [0.15, 0.2) is 48.5 Å². The van der Waals surface area contributed by atoms with Gasteiger partial charge in [-0.25, -0.2) is 4.79 Å². The van der Waals surface area contributed by atoms with Crippen molar-refractivity contribution in [2.24, 2.45) is 0 Å². The second kappa shape index (κ2) is 9.57. The van der Waals surface area contributed by atoms with Crippen molar-refractivity contribution in [3.05, 3.63) is 70.8 Å². The van der Waals surface area contributed by atoms with Crippen LogP contribution < -0.4 is 5.32 Å². The Morgan fingerprint density at radius 2 is 1.82 bits per heavy atom. The highest BCUT2D eigenvalue weighted by molar-refractivity contribution is 5.67. The van der Waals surface area contributed by atoms with Crippen LogP contribution in [0.3, 0.4) is 0 Å². The number of hydrogen-bond acceptors (Lipinski definition) is 4. The number of nitrogens with one attached hydrogen (secondary N) is 1. The first-order chi connectivity index (χ1) is 13.2. The first kappa shape index (κ1) is 21.7. The number of alkyl halides is 3. The zero-order valence-corrected chi connectivity index (χ0v) is 15.2. The van der Waals surface area contributed by atoms with E-state index in [2.05, 4.69) is 5.32 Å². The van der Waals surface area contributed by atoms with E-state index in [1.165, 1.54) is 19.1 Å². The first-order valence-corrected chi connectivity index (χ1v) is 8.67. The molecule has 0 saturated heterocycles. The van der Waals surface area contributed by atoms with Gasteiger partial charge in [-0.2, -0.15) is 13.2 Å². The molecule has 0 aliphatic carbocycles. The number of carbonyl (C=O) groups excluding carboxylic acids is 1. The fourth-order valence-corrected chi connectivity index (χ4v) is 2.61. The number of halogens is 3. The average molecular weight is 397 g/mol. The van der Waals surface area contributed by atoms with Crippen LogP contribution in [-0.4, -0.2) is 29.0 Å². The Morgan fingerprint density at radius 3 is 2.46 bits per heavy atom. The van der Waals surface area contributed by atoms with Crippen LogP contribution in [0.5, 0.6) is 0 Å². The van der Waals surface area contributed by atoms with Gasteiger partial charge in [-0.05, 0) is 36.1 Å². The monoisotopic (exact) mass is 397 g/mol. The predicted molar refractivity (Wildman–Crippen MR) is 96.4 cm³/mol. The Hall–Kier alpha value is -2.58. The number of amides is 1. The number of aliphatic hydroxyl groups is 2. The molecule has 0 aliphatic heterocycles. The number of benzene rings is 2. The molecule has 2 rings (SSSR count). The second-order valence-corrected chi connectivity index (χ2v) is 6.36. The highest BCUT2D eigenvalue weighted by Gasteiger charge is 2.33. The summed E-state index contributed by atoms with van der Waals surface area (Å²) in [6.07, 6.45) is -8.16. The van der Waals surface area contributed by atoms with E-state index >= 15 is 0 Å². The van der Waals surface area contributed by atoms with Crippen LogP contribution >= 0.6 is 0 Å². The number of ether oxygens (including phenoxy) is 1. The molecular formula is C20H22F3NO4. The lowest BCUT2D eigenvalue weighted by Crippen LogP contribution is -2.29. The van der Waals surface area contributed by atoms with Crippen molar-refractivity contribution in [2.45, 2.75) is 38.3 Å². The summed E-state index contributed by atoms with van der Waals surface area (Å²) in [5.41, 5.74) is -0.0651. The maximum absolute atomic E-state index is 13.0. The summed E-state index contributed by atoms with van der Waals surface area (Å²) in [6, 6.07) is 12.4. The third kappa shape index (κ3) is 6.24. The van der Waals surface area contributed by atoms with Crippen LogP contribution in [0.2, 0.25) is 0 Å². The van der Waals surface area contributed by atoms with Crippen LogP contribution in [0.25, 0.3) is 0 Å². The third-order valence-electron chi connectivity index (χ3n) is 4.20. The maximum atomic E-state index is 13.0. The number of aryl methyl sites for hydroxylation is 1. The molecule has 1 amide bonds. The lowest BCUT2D eigenvalue weighted by Gasteiger charge is -2.20. The summed E-state index contributed by atoms with van der Waals surface area (Å²) in [5, 5.41) is 22.6. The summed E-state index contributed by atoms with van der Waals surface area (Å²) < 4.78 is 43.9. The van der Waals surface area contributed by atoms with Gasteiger partial charge in [-0.15, -0.1) is 0 Å². The molecule has 0 bridgehead atoms. The molecule has 152 valence electrons. The van der Waals surface area contributed by atoms with Crippen LogP contribution in [0.4, 0.5) is 18.0 Å². The number of aliphatic hydroxyl groups excluding tert-OH is 2. The minimum absolute atomic E-state index is 0.0101. The summed E-state index contributed by atoms with van der Waals surface area (Å²) in [4.78, 5) is 11.6. The molecule has 0 aromatic heterocycles. The van der Waals surface area contributed by atoms with Gasteiger partial charge in [0.25, 0.3) is 0 Å². The molecular weight excluding hydrogens is 375 g/mol. The molecule has 0 aliphatic rings. The molecule has 0 radical (unpaired) electrons. The van der Waals surface area contributed by atoms with E-state index < -0.39 is 30.0 Å². The Labute approximate surface area is 160 Å². The van der Waals surface area contributed by atoms with E-state index in [4.69, 9.17) is 4.74 Å². The van der Waals surface area contributed by atoms with E-state index in [1.807, 2.05) is 18.2 Å². The van der Waals surface area contributed by atoms with E-state index in [1.54, 1.807) is 12.1 Å². The molecule has 0 fully saturated rings. The number of carbonyl (C=O) groups is 1. The van der Waals surface area contributed by atoms with Gasteiger partial charge in [-0.3, -0.25) is 0 Å². The van der Waals surface area contributed by atoms with Crippen molar-refractivity contribution in [1.29, 1.82) is 0 Å². The average Bonchev–Trinajstić information content (AvgIpc) is 2.66. The molecule has 0 spiro atoms. The van der Waals surface area contributed by atoms with Crippen molar-refractivity contribution < 1.29 is 32.9 Å². The topological polar surface area (TPSA) is 78.8 Å². The molecule has 2 aromatic rings. The summed E-state index contributed by atoms with van der Waals surface area (Å²) >= 11 is 0. The normalized spacial score (nSPS) is 13.6. The first-order valence-electron chi connectivity index (χ1n) is 8.67. The Kier molecular flexibility index (Phi) is 7.42. The van der Waals surface area contributed by atoms with Gasteiger partial charge < -0.3 is 20.3 Å². The number of alkyl carbamates (subject to hydrolysis) is 1. The van der Waals surface area contributed by atoms with Crippen molar-refractivity contribution in [2.75, 3.05) is 6.54 Å². The highest BCUT2D eigenvalue weighted by atomic mass is 19.4. The van der Waals surface area contributed by atoms with Crippen molar-refractivity contribution in [1.82, 2.24) is 5.32 Å². The van der Waals surface area contributed by atoms with Crippen molar-refractivity contribution in [3.63, 3.8) is 0 Å². The standard InChI is InChI=1S/C20H22F3NO4/c1-13-7-8-15(11-16(13)20(21,22)23)18(26)17(25)9-10-24-19(27)28-12-14-5-3-2-4-6-14/h2-8,11,17-18,25-26H,9-10,12H2,1H3,(H,24,27). The molecule has 8 heteroatoms. The zero-order valence-electron chi connectivity index (χ0n) is 15.2. The summed E-state index contributed by atoms with van der Waals surface area (Å²) in [6.45, 7) is 1.39. The van der Waals surface area contributed by atoms with E-state index in [0.29, 0.717) is 0 Å². The maximum Gasteiger partial charge on any atom is 0.416 e. The van der Waals surface area contributed by atoms with Gasteiger partial charge in [0.1, 0.15) is 12.7 Å². The fraction of sp³-hybridized carbons (Fsp3) is 0.350. The molecule has 2 atom stereocenters. The minimum atomic E-state index is -4.55. The zero-order chi connectivity index (χ0) is 20.7. The van der Waals surface area contributed by atoms with Gasteiger partial charge in [0, 0.05) is 6.54 Å². The molecule has 28 heavy (non-hydrogen) atoms. The van der Waals surface area contributed by atoms with E-state index in [0.717, 1.165) is 11.6 Å². The SMILES string of the molecule is Cc1ccc(C(O)C(O)CCNC(=O)OCc2ccccc2)cc1C(F)(F)F. The Balaban J connectivity index is 1.82. The van der Waals surface area contributed by atoms with Gasteiger partial charge >= 0.3 is 12.3 Å². The van der Waals surface area contributed by atoms with Crippen molar-refractivity contribution >= 4 is 6.09 Å². The second-order valence-electron chi connectivity index (χ2n) is 6.36. The molecule has 2 aromatic carbocycles.